The van der Waals surface area contributed by atoms with Crippen LogP contribution < -0.4 is 0 Å². The van der Waals surface area contributed by atoms with Crippen molar-refractivity contribution in [3.63, 3.8) is 0 Å². The van der Waals surface area contributed by atoms with E-state index in [-0.39, 0.29) is 23.7 Å². The van der Waals surface area contributed by atoms with Gasteiger partial charge in [-0.05, 0) is 36.5 Å². The van der Waals surface area contributed by atoms with Crippen molar-refractivity contribution in [3.05, 3.63) is 70.8 Å². The number of Topliss-reactive ketones (excluding diaryl/α,β-unsaturated/α-hetero) is 1. The Labute approximate surface area is 126 Å². The lowest BCUT2D eigenvalue weighted by Gasteiger charge is -2.24. The topological polar surface area (TPSA) is 17.1 Å². The molecule has 0 aliphatic heterocycles. The molecule has 0 saturated carbocycles. The lowest BCUT2D eigenvalue weighted by Crippen LogP contribution is -2.25. The van der Waals surface area contributed by atoms with Gasteiger partial charge in [0, 0.05) is 11.5 Å². The summed E-state index contributed by atoms with van der Waals surface area (Å²) in [5.41, 5.74) is 1.21. The molecule has 0 spiro atoms. The van der Waals surface area contributed by atoms with Gasteiger partial charge in [0.2, 0.25) is 0 Å². The van der Waals surface area contributed by atoms with Gasteiger partial charge >= 0.3 is 6.18 Å². The summed E-state index contributed by atoms with van der Waals surface area (Å²) < 4.78 is 39.2. The lowest BCUT2D eigenvalue weighted by molar-refractivity contribution is -0.138. The maximum Gasteiger partial charge on any atom is 0.416 e. The standard InChI is InChI=1S/C18H15F3O/c19-18(20,21)16-8-4-2-6-13(16)11-14-10-9-12-5-1-3-7-15(12)17(14)22/h1-8,14H,9-11H2. The van der Waals surface area contributed by atoms with Crippen LogP contribution in [-0.2, 0) is 19.0 Å². The van der Waals surface area contributed by atoms with Crippen LogP contribution in [0.5, 0.6) is 0 Å². The lowest BCUT2D eigenvalue weighted by atomic mass is 9.79. The van der Waals surface area contributed by atoms with Gasteiger partial charge in [0.25, 0.3) is 0 Å². The van der Waals surface area contributed by atoms with Crippen LogP contribution in [0.1, 0.15) is 33.5 Å². The summed E-state index contributed by atoms with van der Waals surface area (Å²) in [6.45, 7) is 0. The Kier molecular flexibility index (Phi) is 3.77. The maximum atomic E-state index is 13.1. The number of aryl methyl sites for hydroxylation is 1. The Morgan fingerprint density at radius 1 is 1.00 bits per heavy atom. The molecule has 1 nitrogen and oxygen atoms in total. The zero-order valence-corrected chi connectivity index (χ0v) is 11.9. The molecule has 0 amide bonds. The zero-order valence-electron chi connectivity index (χ0n) is 11.9. The molecule has 2 aromatic carbocycles. The van der Waals surface area contributed by atoms with Crippen LogP contribution in [0, 0.1) is 5.92 Å². The molecule has 0 radical (unpaired) electrons. The predicted molar refractivity (Wildman–Crippen MR) is 77.7 cm³/mol. The van der Waals surface area contributed by atoms with Gasteiger partial charge in [0.05, 0.1) is 5.56 Å². The van der Waals surface area contributed by atoms with Crippen LogP contribution >= 0.6 is 0 Å². The Morgan fingerprint density at radius 2 is 1.68 bits per heavy atom. The highest BCUT2D eigenvalue weighted by atomic mass is 19.4. The van der Waals surface area contributed by atoms with E-state index in [0.717, 1.165) is 18.1 Å². The summed E-state index contributed by atoms with van der Waals surface area (Å²) in [4.78, 5) is 12.5. The third-order valence-electron chi connectivity index (χ3n) is 4.20. The number of halogens is 3. The summed E-state index contributed by atoms with van der Waals surface area (Å²) in [6.07, 6.45) is -2.90. The molecule has 0 saturated heterocycles. The van der Waals surface area contributed by atoms with Crippen molar-refractivity contribution < 1.29 is 18.0 Å². The average molecular weight is 304 g/mol. The van der Waals surface area contributed by atoms with Gasteiger partial charge in [0.1, 0.15) is 0 Å². The Bertz CT molecular complexity index is 703. The average Bonchev–Trinajstić information content (AvgIpc) is 2.50. The first-order chi connectivity index (χ1) is 10.5. The van der Waals surface area contributed by atoms with Crippen LogP contribution in [0.2, 0.25) is 0 Å². The quantitative estimate of drug-likeness (QED) is 0.786. The van der Waals surface area contributed by atoms with Gasteiger partial charge in [-0.25, -0.2) is 0 Å². The molecular weight excluding hydrogens is 289 g/mol. The summed E-state index contributed by atoms with van der Waals surface area (Å²) in [5, 5.41) is 0. The van der Waals surface area contributed by atoms with E-state index in [1.54, 1.807) is 18.2 Å². The second-order valence-electron chi connectivity index (χ2n) is 5.62. The van der Waals surface area contributed by atoms with Gasteiger partial charge < -0.3 is 0 Å². The molecular formula is C18H15F3O. The smallest absolute Gasteiger partial charge is 0.294 e. The SMILES string of the molecule is O=C1c2ccccc2CCC1Cc1ccccc1C(F)(F)F. The van der Waals surface area contributed by atoms with E-state index in [1.165, 1.54) is 12.1 Å². The van der Waals surface area contributed by atoms with E-state index in [9.17, 15) is 18.0 Å². The minimum absolute atomic E-state index is 0.0428. The third-order valence-corrected chi connectivity index (χ3v) is 4.20. The molecule has 0 bridgehead atoms. The molecule has 1 atom stereocenters. The number of rotatable bonds is 2. The number of carbonyl (C=O) groups is 1. The summed E-state index contributed by atoms with van der Waals surface area (Å²) in [6, 6.07) is 12.9. The second kappa shape index (κ2) is 5.59. The number of ketones is 1. The van der Waals surface area contributed by atoms with Gasteiger partial charge in [-0.15, -0.1) is 0 Å². The molecule has 1 aliphatic rings. The largest absolute Gasteiger partial charge is 0.416 e. The Balaban J connectivity index is 1.88. The fourth-order valence-electron chi connectivity index (χ4n) is 3.09. The highest BCUT2D eigenvalue weighted by Gasteiger charge is 2.35. The molecule has 114 valence electrons. The van der Waals surface area contributed by atoms with Crippen molar-refractivity contribution in [2.24, 2.45) is 5.92 Å². The molecule has 4 heteroatoms. The van der Waals surface area contributed by atoms with Crippen molar-refractivity contribution in [2.75, 3.05) is 0 Å². The van der Waals surface area contributed by atoms with E-state index in [4.69, 9.17) is 0 Å². The summed E-state index contributed by atoms with van der Waals surface area (Å²) >= 11 is 0. The van der Waals surface area contributed by atoms with Crippen LogP contribution in [0.25, 0.3) is 0 Å². The van der Waals surface area contributed by atoms with E-state index < -0.39 is 11.7 Å². The molecule has 1 aliphatic carbocycles. The van der Waals surface area contributed by atoms with Gasteiger partial charge in [-0.2, -0.15) is 13.2 Å². The molecule has 1 unspecified atom stereocenters. The number of hydrogen-bond acceptors (Lipinski definition) is 1. The first-order valence-corrected chi connectivity index (χ1v) is 7.24. The van der Waals surface area contributed by atoms with Gasteiger partial charge in [-0.1, -0.05) is 42.5 Å². The number of carbonyl (C=O) groups excluding carboxylic acids is 1. The molecule has 0 N–H and O–H groups in total. The number of fused-ring (bicyclic) bond motifs is 1. The molecule has 0 aromatic heterocycles. The van der Waals surface area contributed by atoms with Crippen molar-refractivity contribution >= 4 is 5.78 Å². The zero-order chi connectivity index (χ0) is 15.7. The fourth-order valence-corrected chi connectivity index (χ4v) is 3.09. The van der Waals surface area contributed by atoms with Crippen molar-refractivity contribution in [1.82, 2.24) is 0 Å². The van der Waals surface area contributed by atoms with E-state index in [0.29, 0.717) is 12.0 Å². The normalized spacial score (nSPS) is 18.1. The van der Waals surface area contributed by atoms with Crippen molar-refractivity contribution in [1.29, 1.82) is 0 Å². The van der Waals surface area contributed by atoms with E-state index in [1.807, 2.05) is 12.1 Å². The monoisotopic (exact) mass is 304 g/mol. The molecule has 2 aromatic rings. The number of hydrogen-bond donors (Lipinski definition) is 0. The maximum absolute atomic E-state index is 13.1. The second-order valence-corrected chi connectivity index (χ2v) is 5.62. The Hall–Kier alpha value is -2.10. The van der Waals surface area contributed by atoms with Crippen molar-refractivity contribution in [2.45, 2.75) is 25.4 Å². The minimum atomic E-state index is -4.38. The van der Waals surface area contributed by atoms with Crippen LogP contribution in [0.15, 0.2) is 48.5 Å². The first kappa shape index (κ1) is 14.8. The molecule has 3 rings (SSSR count). The minimum Gasteiger partial charge on any atom is -0.294 e. The van der Waals surface area contributed by atoms with E-state index >= 15 is 0 Å². The van der Waals surface area contributed by atoms with Crippen molar-refractivity contribution in [3.8, 4) is 0 Å². The highest BCUT2D eigenvalue weighted by Crippen LogP contribution is 2.35. The van der Waals surface area contributed by atoms with Crippen LogP contribution in [-0.4, -0.2) is 5.78 Å². The third kappa shape index (κ3) is 2.78. The number of benzene rings is 2. The Morgan fingerprint density at radius 3 is 2.45 bits per heavy atom. The molecule has 0 heterocycles. The van der Waals surface area contributed by atoms with Crippen LogP contribution in [0.4, 0.5) is 13.2 Å². The summed E-state index contributed by atoms with van der Waals surface area (Å²) in [5.74, 6) is -0.419. The van der Waals surface area contributed by atoms with Gasteiger partial charge in [0.15, 0.2) is 5.78 Å². The van der Waals surface area contributed by atoms with Crippen LogP contribution in [0.3, 0.4) is 0 Å². The van der Waals surface area contributed by atoms with E-state index in [2.05, 4.69) is 0 Å². The highest BCUT2D eigenvalue weighted by molar-refractivity contribution is 6.00. The fraction of sp³-hybridized carbons (Fsp3) is 0.278. The summed E-state index contributed by atoms with van der Waals surface area (Å²) in [7, 11) is 0. The first-order valence-electron chi connectivity index (χ1n) is 7.24. The predicted octanol–water partition coefficient (Wildman–Crippen LogP) is 4.69. The number of alkyl halides is 3. The molecule has 0 fully saturated rings. The van der Waals surface area contributed by atoms with Gasteiger partial charge in [-0.3, -0.25) is 4.79 Å². The molecule has 22 heavy (non-hydrogen) atoms.